The molecule has 0 aliphatic heterocycles. The first-order chi connectivity index (χ1) is 7.89. The van der Waals surface area contributed by atoms with Gasteiger partial charge in [-0.25, -0.2) is 0 Å². The van der Waals surface area contributed by atoms with Crippen molar-refractivity contribution in [3.05, 3.63) is 47.5 Å². The van der Waals surface area contributed by atoms with Crippen LogP contribution in [0.5, 0.6) is 0 Å². The van der Waals surface area contributed by atoms with E-state index in [-0.39, 0.29) is 6.04 Å². The molecule has 0 aliphatic rings. The molecule has 0 aromatic heterocycles. The average molecular weight is 239 g/mol. The quantitative estimate of drug-likeness (QED) is 0.803. The molecular formula is C13H12F3N. The molecule has 0 aliphatic carbocycles. The van der Waals surface area contributed by atoms with E-state index in [2.05, 4.69) is 0 Å². The van der Waals surface area contributed by atoms with E-state index in [1.54, 1.807) is 25.1 Å². The molecule has 17 heavy (non-hydrogen) atoms. The normalized spacial score (nSPS) is 13.9. The van der Waals surface area contributed by atoms with Crippen LogP contribution in [0.4, 0.5) is 13.2 Å². The van der Waals surface area contributed by atoms with Crippen molar-refractivity contribution in [1.82, 2.24) is 0 Å². The molecule has 0 fully saturated rings. The third kappa shape index (κ3) is 2.26. The fraction of sp³-hybridized carbons (Fsp3) is 0.231. The third-order valence-electron chi connectivity index (χ3n) is 2.73. The molecule has 2 aromatic rings. The third-order valence-corrected chi connectivity index (χ3v) is 2.73. The number of hydrogen-bond donors (Lipinski definition) is 1. The maximum Gasteiger partial charge on any atom is 0.416 e. The van der Waals surface area contributed by atoms with Gasteiger partial charge in [-0.2, -0.15) is 13.2 Å². The lowest BCUT2D eigenvalue weighted by Crippen LogP contribution is -2.07. The van der Waals surface area contributed by atoms with E-state index >= 15 is 0 Å². The second-order valence-corrected chi connectivity index (χ2v) is 4.07. The molecule has 90 valence electrons. The topological polar surface area (TPSA) is 26.0 Å². The van der Waals surface area contributed by atoms with Gasteiger partial charge in [-0.05, 0) is 35.4 Å². The van der Waals surface area contributed by atoms with Crippen molar-refractivity contribution in [2.45, 2.75) is 19.1 Å². The highest BCUT2D eigenvalue weighted by Crippen LogP contribution is 2.33. The molecule has 0 spiro atoms. The lowest BCUT2D eigenvalue weighted by atomic mass is 9.98. The summed E-state index contributed by atoms with van der Waals surface area (Å²) in [5.74, 6) is 0. The van der Waals surface area contributed by atoms with E-state index in [1.165, 1.54) is 6.07 Å². The SMILES string of the molecule is CC(N)c1cccc2ccc(C(F)(F)F)cc12. The largest absolute Gasteiger partial charge is 0.416 e. The zero-order valence-corrected chi connectivity index (χ0v) is 9.25. The van der Waals surface area contributed by atoms with E-state index in [9.17, 15) is 13.2 Å². The first kappa shape index (κ1) is 11.9. The van der Waals surface area contributed by atoms with Gasteiger partial charge >= 0.3 is 6.18 Å². The van der Waals surface area contributed by atoms with Crippen molar-refractivity contribution in [2.75, 3.05) is 0 Å². The molecule has 4 heteroatoms. The Morgan fingerprint density at radius 3 is 2.41 bits per heavy atom. The number of rotatable bonds is 1. The van der Waals surface area contributed by atoms with Crippen LogP contribution >= 0.6 is 0 Å². The minimum Gasteiger partial charge on any atom is -0.324 e. The second-order valence-electron chi connectivity index (χ2n) is 4.07. The molecule has 0 bridgehead atoms. The molecule has 2 rings (SSSR count). The smallest absolute Gasteiger partial charge is 0.324 e. The number of fused-ring (bicyclic) bond motifs is 1. The summed E-state index contributed by atoms with van der Waals surface area (Å²) in [7, 11) is 0. The van der Waals surface area contributed by atoms with Crippen molar-refractivity contribution in [2.24, 2.45) is 5.73 Å². The fourth-order valence-corrected chi connectivity index (χ4v) is 1.87. The summed E-state index contributed by atoms with van der Waals surface area (Å²) in [6.07, 6.45) is -4.32. The summed E-state index contributed by atoms with van der Waals surface area (Å²) >= 11 is 0. The number of hydrogen-bond acceptors (Lipinski definition) is 1. The van der Waals surface area contributed by atoms with Crippen LogP contribution in [0.25, 0.3) is 10.8 Å². The Hall–Kier alpha value is -1.55. The van der Waals surface area contributed by atoms with Crippen LogP contribution in [-0.4, -0.2) is 0 Å². The van der Waals surface area contributed by atoms with Crippen molar-refractivity contribution in [3.8, 4) is 0 Å². The number of alkyl halides is 3. The fourth-order valence-electron chi connectivity index (χ4n) is 1.87. The Kier molecular flexibility index (Phi) is 2.83. The maximum absolute atomic E-state index is 12.6. The summed E-state index contributed by atoms with van der Waals surface area (Å²) in [6.45, 7) is 1.76. The zero-order chi connectivity index (χ0) is 12.6. The van der Waals surface area contributed by atoms with Gasteiger partial charge < -0.3 is 5.73 Å². The molecule has 1 unspecified atom stereocenters. The predicted molar refractivity (Wildman–Crippen MR) is 61.6 cm³/mol. The second kappa shape index (κ2) is 4.04. The van der Waals surface area contributed by atoms with E-state index < -0.39 is 11.7 Å². The van der Waals surface area contributed by atoms with Crippen LogP contribution in [-0.2, 0) is 6.18 Å². The van der Waals surface area contributed by atoms with Crippen LogP contribution in [0.2, 0.25) is 0 Å². The van der Waals surface area contributed by atoms with Crippen LogP contribution < -0.4 is 5.73 Å². The van der Waals surface area contributed by atoms with Gasteiger partial charge in [-0.1, -0.05) is 24.3 Å². The molecule has 0 heterocycles. The van der Waals surface area contributed by atoms with Crippen LogP contribution in [0.3, 0.4) is 0 Å². The maximum atomic E-state index is 12.6. The number of benzene rings is 2. The standard InChI is InChI=1S/C13H12F3N/c1-8(17)11-4-2-3-9-5-6-10(7-12(9)11)13(14,15)16/h2-8H,17H2,1H3. The minimum absolute atomic E-state index is 0.290. The van der Waals surface area contributed by atoms with E-state index in [0.29, 0.717) is 5.39 Å². The van der Waals surface area contributed by atoms with Crippen molar-refractivity contribution >= 4 is 10.8 Å². The van der Waals surface area contributed by atoms with Gasteiger partial charge in [0.25, 0.3) is 0 Å². The molecule has 1 atom stereocenters. The van der Waals surface area contributed by atoms with Gasteiger partial charge in [0.15, 0.2) is 0 Å². The van der Waals surface area contributed by atoms with Crippen molar-refractivity contribution in [1.29, 1.82) is 0 Å². The van der Waals surface area contributed by atoms with E-state index in [0.717, 1.165) is 23.1 Å². The Morgan fingerprint density at radius 2 is 1.82 bits per heavy atom. The first-order valence-corrected chi connectivity index (χ1v) is 5.25. The Bertz CT molecular complexity index is 544. The Balaban J connectivity index is 2.70. The van der Waals surface area contributed by atoms with Gasteiger partial charge in [-0.15, -0.1) is 0 Å². The summed E-state index contributed by atoms with van der Waals surface area (Å²) in [6, 6.07) is 8.77. The molecule has 0 amide bonds. The molecular weight excluding hydrogens is 227 g/mol. The Labute approximate surface area is 97.0 Å². The summed E-state index contributed by atoms with van der Waals surface area (Å²) in [5, 5.41) is 1.34. The Morgan fingerprint density at radius 1 is 1.12 bits per heavy atom. The van der Waals surface area contributed by atoms with Crippen LogP contribution in [0, 0.1) is 0 Å². The van der Waals surface area contributed by atoms with Gasteiger partial charge in [0.1, 0.15) is 0 Å². The van der Waals surface area contributed by atoms with Crippen molar-refractivity contribution < 1.29 is 13.2 Å². The monoisotopic (exact) mass is 239 g/mol. The highest BCUT2D eigenvalue weighted by Gasteiger charge is 2.30. The van der Waals surface area contributed by atoms with E-state index in [4.69, 9.17) is 5.73 Å². The number of nitrogens with two attached hydrogens (primary N) is 1. The zero-order valence-electron chi connectivity index (χ0n) is 9.25. The van der Waals surface area contributed by atoms with Gasteiger partial charge in [0, 0.05) is 6.04 Å². The summed E-state index contributed by atoms with van der Waals surface area (Å²) in [5.41, 5.74) is 5.85. The molecule has 0 saturated carbocycles. The van der Waals surface area contributed by atoms with Gasteiger partial charge in [0.2, 0.25) is 0 Å². The number of halogens is 3. The molecule has 0 saturated heterocycles. The van der Waals surface area contributed by atoms with E-state index in [1.807, 2.05) is 0 Å². The summed E-state index contributed by atoms with van der Waals surface area (Å²) in [4.78, 5) is 0. The van der Waals surface area contributed by atoms with Gasteiger partial charge in [0.05, 0.1) is 5.56 Å². The van der Waals surface area contributed by atoms with Crippen LogP contribution in [0.1, 0.15) is 24.1 Å². The van der Waals surface area contributed by atoms with Crippen LogP contribution in [0.15, 0.2) is 36.4 Å². The molecule has 1 nitrogen and oxygen atoms in total. The molecule has 0 radical (unpaired) electrons. The van der Waals surface area contributed by atoms with Crippen molar-refractivity contribution in [3.63, 3.8) is 0 Å². The summed E-state index contributed by atoms with van der Waals surface area (Å²) < 4.78 is 37.9. The predicted octanol–water partition coefficient (Wildman–Crippen LogP) is 3.88. The first-order valence-electron chi connectivity index (χ1n) is 5.25. The minimum atomic E-state index is -4.32. The average Bonchev–Trinajstić information content (AvgIpc) is 2.26. The lowest BCUT2D eigenvalue weighted by Gasteiger charge is -2.12. The van der Waals surface area contributed by atoms with Gasteiger partial charge in [-0.3, -0.25) is 0 Å². The highest BCUT2D eigenvalue weighted by atomic mass is 19.4. The highest BCUT2D eigenvalue weighted by molar-refractivity contribution is 5.86. The molecule has 2 aromatic carbocycles. The lowest BCUT2D eigenvalue weighted by molar-refractivity contribution is -0.137. The molecule has 2 N–H and O–H groups in total.